The fourth-order valence-corrected chi connectivity index (χ4v) is 3.16. The lowest BCUT2D eigenvalue weighted by Gasteiger charge is -2.15. The molecule has 2 rings (SSSR count). The molecular formula is C18H20ClN3O2S. The van der Waals surface area contributed by atoms with E-state index in [0.29, 0.717) is 22.9 Å². The Kier molecular flexibility index (Phi) is 7.16. The summed E-state index contributed by atoms with van der Waals surface area (Å²) in [5.74, 6) is 0.690. The van der Waals surface area contributed by atoms with Crippen molar-refractivity contribution in [3.63, 3.8) is 0 Å². The van der Waals surface area contributed by atoms with Crippen LogP contribution in [0.4, 0.5) is 10.5 Å². The maximum absolute atomic E-state index is 12.1. The van der Waals surface area contributed by atoms with E-state index in [4.69, 9.17) is 17.3 Å². The summed E-state index contributed by atoms with van der Waals surface area (Å²) >= 11 is 7.46. The van der Waals surface area contributed by atoms with Gasteiger partial charge in [0.2, 0.25) is 5.91 Å². The minimum atomic E-state index is -0.604. The number of nitrogens with one attached hydrogen (secondary N) is 2. The molecule has 0 bridgehead atoms. The van der Waals surface area contributed by atoms with Gasteiger partial charge in [-0.2, -0.15) is 0 Å². The zero-order valence-corrected chi connectivity index (χ0v) is 15.4. The van der Waals surface area contributed by atoms with Crippen LogP contribution in [0.5, 0.6) is 0 Å². The minimum Gasteiger partial charge on any atom is -0.351 e. The molecule has 0 radical (unpaired) electrons. The number of rotatable bonds is 7. The highest BCUT2D eigenvalue weighted by Crippen LogP contribution is 2.21. The molecule has 132 valence electrons. The van der Waals surface area contributed by atoms with Crippen molar-refractivity contribution in [3.8, 4) is 0 Å². The maximum Gasteiger partial charge on any atom is 0.316 e. The van der Waals surface area contributed by atoms with Gasteiger partial charge in [-0.1, -0.05) is 23.7 Å². The van der Waals surface area contributed by atoms with Crippen molar-refractivity contribution in [1.82, 2.24) is 5.32 Å². The Morgan fingerprint density at radius 1 is 1.12 bits per heavy atom. The number of carbonyl (C=O) groups is 2. The first-order valence-corrected chi connectivity index (χ1v) is 9.14. The predicted octanol–water partition coefficient (Wildman–Crippen LogP) is 4.19. The van der Waals surface area contributed by atoms with E-state index in [0.717, 1.165) is 10.5 Å². The number of primary amides is 1. The first-order chi connectivity index (χ1) is 11.9. The number of hydrogen-bond acceptors (Lipinski definition) is 3. The smallest absolute Gasteiger partial charge is 0.316 e. The van der Waals surface area contributed by atoms with Gasteiger partial charge in [0, 0.05) is 27.8 Å². The molecule has 0 saturated heterocycles. The van der Waals surface area contributed by atoms with Gasteiger partial charge in [-0.3, -0.25) is 4.79 Å². The van der Waals surface area contributed by atoms with Crippen molar-refractivity contribution < 1.29 is 9.59 Å². The van der Waals surface area contributed by atoms with Crippen LogP contribution in [-0.2, 0) is 4.79 Å². The van der Waals surface area contributed by atoms with Crippen LogP contribution in [0.25, 0.3) is 0 Å². The fourth-order valence-electron chi connectivity index (χ4n) is 2.19. The van der Waals surface area contributed by atoms with E-state index in [9.17, 15) is 9.59 Å². The van der Waals surface area contributed by atoms with Gasteiger partial charge < -0.3 is 16.4 Å². The van der Waals surface area contributed by atoms with E-state index in [1.807, 2.05) is 43.3 Å². The van der Waals surface area contributed by atoms with Crippen LogP contribution in [0, 0.1) is 0 Å². The summed E-state index contributed by atoms with van der Waals surface area (Å²) in [5.41, 5.74) is 6.64. The largest absolute Gasteiger partial charge is 0.351 e. The second-order valence-electron chi connectivity index (χ2n) is 5.45. The number of urea groups is 1. The van der Waals surface area contributed by atoms with Gasteiger partial charge >= 0.3 is 6.03 Å². The molecule has 0 aliphatic rings. The number of nitrogens with two attached hydrogens (primary N) is 1. The summed E-state index contributed by atoms with van der Waals surface area (Å²) in [6.45, 7) is 1.92. The average molecular weight is 378 g/mol. The topological polar surface area (TPSA) is 84.2 Å². The number of thioether (sulfide) groups is 1. The first kappa shape index (κ1) is 19.1. The molecule has 5 nitrogen and oxygen atoms in total. The fraction of sp³-hybridized carbons (Fsp3) is 0.222. The Balaban J connectivity index is 1.77. The van der Waals surface area contributed by atoms with E-state index in [2.05, 4.69) is 10.6 Å². The Labute approximate surface area is 156 Å². The van der Waals surface area contributed by atoms with E-state index < -0.39 is 6.03 Å². The molecule has 1 atom stereocenters. The number of halogens is 1. The number of benzene rings is 2. The second kappa shape index (κ2) is 9.34. The van der Waals surface area contributed by atoms with Crippen molar-refractivity contribution in [2.24, 2.45) is 5.73 Å². The minimum absolute atomic E-state index is 0.00620. The van der Waals surface area contributed by atoms with Crippen molar-refractivity contribution in [2.45, 2.75) is 24.3 Å². The number of hydrogen-bond donors (Lipinski definition) is 3. The number of anilines is 1. The monoisotopic (exact) mass is 377 g/mol. The lowest BCUT2D eigenvalue weighted by atomic mass is 10.1. The maximum atomic E-state index is 12.1. The Hall–Kier alpha value is -2.18. The van der Waals surface area contributed by atoms with E-state index in [1.54, 1.807) is 23.9 Å². The summed E-state index contributed by atoms with van der Waals surface area (Å²) in [7, 11) is 0. The van der Waals surface area contributed by atoms with Crippen LogP contribution >= 0.6 is 23.4 Å². The predicted molar refractivity (Wildman–Crippen MR) is 103 cm³/mol. The molecule has 0 saturated carbocycles. The van der Waals surface area contributed by atoms with Crippen LogP contribution < -0.4 is 16.4 Å². The Morgan fingerprint density at radius 2 is 1.76 bits per heavy atom. The summed E-state index contributed by atoms with van der Waals surface area (Å²) in [6.07, 6.45) is 0.430. The number of amides is 3. The van der Waals surface area contributed by atoms with E-state index >= 15 is 0 Å². The molecule has 7 heteroatoms. The molecule has 0 heterocycles. The molecular weight excluding hydrogens is 358 g/mol. The third kappa shape index (κ3) is 6.68. The van der Waals surface area contributed by atoms with Crippen molar-refractivity contribution in [2.75, 3.05) is 11.1 Å². The quantitative estimate of drug-likeness (QED) is 0.632. The van der Waals surface area contributed by atoms with Gasteiger partial charge in [0.1, 0.15) is 0 Å². The first-order valence-electron chi connectivity index (χ1n) is 7.78. The molecule has 0 aliphatic carbocycles. The lowest BCUT2D eigenvalue weighted by Crippen LogP contribution is -2.26. The zero-order valence-electron chi connectivity index (χ0n) is 13.8. The number of carbonyl (C=O) groups excluding carboxylic acids is 2. The van der Waals surface area contributed by atoms with Gasteiger partial charge in [0.05, 0.1) is 6.04 Å². The molecule has 0 spiro atoms. The van der Waals surface area contributed by atoms with Gasteiger partial charge in [-0.15, -0.1) is 11.8 Å². The van der Waals surface area contributed by atoms with Crippen molar-refractivity contribution >= 4 is 41.0 Å². The van der Waals surface area contributed by atoms with E-state index in [1.165, 1.54) is 0 Å². The van der Waals surface area contributed by atoms with Gasteiger partial charge in [-0.25, -0.2) is 4.79 Å². The molecule has 2 aromatic carbocycles. The van der Waals surface area contributed by atoms with Crippen LogP contribution in [0.2, 0.25) is 5.02 Å². The summed E-state index contributed by atoms with van der Waals surface area (Å²) in [5, 5.41) is 6.17. The van der Waals surface area contributed by atoms with Crippen molar-refractivity contribution in [1.29, 1.82) is 0 Å². The molecule has 0 aliphatic heterocycles. The zero-order chi connectivity index (χ0) is 18.2. The second-order valence-corrected chi connectivity index (χ2v) is 7.06. The Morgan fingerprint density at radius 3 is 2.36 bits per heavy atom. The highest BCUT2D eigenvalue weighted by molar-refractivity contribution is 7.99. The Bertz CT molecular complexity index is 720. The SMILES string of the molecule is CC(NC(=O)CCSc1ccc(Cl)cc1)c1ccc(NC(N)=O)cc1. The molecule has 0 aromatic heterocycles. The normalized spacial score (nSPS) is 11.6. The lowest BCUT2D eigenvalue weighted by molar-refractivity contribution is -0.121. The van der Waals surface area contributed by atoms with Gasteiger partial charge in [0.15, 0.2) is 0 Å². The molecule has 0 fully saturated rings. The van der Waals surface area contributed by atoms with Crippen LogP contribution in [0.1, 0.15) is 24.9 Å². The molecule has 2 aromatic rings. The van der Waals surface area contributed by atoms with Gasteiger partial charge in [0.25, 0.3) is 0 Å². The van der Waals surface area contributed by atoms with Crippen molar-refractivity contribution in [3.05, 3.63) is 59.1 Å². The summed E-state index contributed by atoms with van der Waals surface area (Å²) < 4.78 is 0. The highest BCUT2D eigenvalue weighted by Gasteiger charge is 2.10. The van der Waals surface area contributed by atoms with Crippen LogP contribution in [0.3, 0.4) is 0 Å². The molecule has 3 amide bonds. The summed E-state index contributed by atoms with van der Waals surface area (Å²) in [4.78, 5) is 23.9. The average Bonchev–Trinajstić information content (AvgIpc) is 2.56. The van der Waals surface area contributed by atoms with Gasteiger partial charge in [-0.05, 0) is 48.9 Å². The summed E-state index contributed by atoms with van der Waals surface area (Å²) in [6, 6.07) is 14.0. The molecule has 25 heavy (non-hydrogen) atoms. The third-order valence-electron chi connectivity index (χ3n) is 3.47. The van der Waals surface area contributed by atoms with E-state index in [-0.39, 0.29) is 11.9 Å². The third-order valence-corrected chi connectivity index (χ3v) is 4.73. The molecule has 4 N–H and O–H groups in total. The standard InChI is InChI=1S/C18H20ClN3O2S/c1-12(13-2-6-15(7-3-13)22-18(20)24)21-17(23)10-11-25-16-8-4-14(19)5-9-16/h2-9,12H,10-11H2,1H3,(H,21,23)(H3,20,22,24). The van der Waals surface area contributed by atoms with Crippen LogP contribution in [0.15, 0.2) is 53.4 Å². The highest BCUT2D eigenvalue weighted by atomic mass is 35.5. The molecule has 1 unspecified atom stereocenters. The van der Waals surface area contributed by atoms with Crippen LogP contribution in [-0.4, -0.2) is 17.7 Å².